The fraction of sp³-hybridized carbons (Fsp3) is 0. The van der Waals surface area contributed by atoms with Gasteiger partial charge in [0.25, 0.3) is 0 Å². The van der Waals surface area contributed by atoms with Crippen molar-refractivity contribution in [3.05, 3.63) is 212 Å². The molecule has 0 spiro atoms. The molecule has 268 valence electrons. The number of hydrogen-bond acceptors (Lipinski definition) is 3. The topological polar surface area (TPSA) is 29.5 Å². The molecule has 0 aliphatic heterocycles. The molecule has 3 nitrogen and oxygen atoms in total. The predicted molar refractivity (Wildman–Crippen MR) is 237 cm³/mol. The highest BCUT2D eigenvalue weighted by Crippen LogP contribution is 2.49. The van der Waals surface area contributed by atoms with E-state index in [2.05, 4.69) is 211 Å². The van der Waals surface area contributed by atoms with Crippen LogP contribution in [0.2, 0.25) is 0 Å². The van der Waals surface area contributed by atoms with Crippen molar-refractivity contribution in [1.29, 1.82) is 0 Å². The van der Waals surface area contributed by atoms with Crippen molar-refractivity contribution < 1.29 is 8.83 Å². The Labute approximate surface area is 330 Å². The van der Waals surface area contributed by atoms with Crippen LogP contribution in [0.4, 0.5) is 17.1 Å². The third-order valence-electron chi connectivity index (χ3n) is 11.1. The third-order valence-corrected chi connectivity index (χ3v) is 11.1. The molecule has 11 rings (SSSR count). The molecule has 2 aromatic heterocycles. The minimum atomic E-state index is 0.832. The van der Waals surface area contributed by atoms with E-state index in [-0.39, 0.29) is 0 Å². The molecule has 3 heteroatoms. The van der Waals surface area contributed by atoms with E-state index in [1.807, 2.05) is 6.07 Å². The van der Waals surface area contributed by atoms with Crippen LogP contribution < -0.4 is 4.90 Å². The van der Waals surface area contributed by atoms with Crippen molar-refractivity contribution in [3.63, 3.8) is 0 Å². The zero-order chi connectivity index (χ0) is 37.7. The van der Waals surface area contributed by atoms with Crippen molar-refractivity contribution in [3.8, 4) is 44.5 Å². The first-order valence-electron chi connectivity index (χ1n) is 19.3. The van der Waals surface area contributed by atoms with E-state index >= 15 is 0 Å². The van der Waals surface area contributed by atoms with Crippen LogP contribution in [0.25, 0.3) is 88.4 Å². The molecule has 57 heavy (non-hydrogen) atoms. The van der Waals surface area contributed by atoms with Crippen LogP contribution in [0, 0.1) is 0 Å². The lowest BCUT2D eigenvalue weighted by atomic mass is 9.98. The van der Waals surface area contributed by atoms with E-state index in [1.54, 1.807) is 0 Å². The lowest BCUT2D eigenvalue weighted by Gasteiger charge is -2.28. The van der Waals surface area contributed by atoms with E-state index in [1.165, 1.54) is 0 Å². The monoisotopic (exact) mass is 729 g/mol. The molecule has 0 saturated heterocycles. The van der Waals surface area contributed by atoms with E-state index in [4.69, 9.17) is 8.83 Å². The number of rotatable bonds is 7. The molecule has 2 heterocycles. The normalized spacial score (nSPS) is 11.5. The second-order valence-corrected chi connectivity index (χ2v) is 14.5. The maximum atomic E-state index is 7.01. The smallest absolute Gasteiger partial charge is 0.145 e. The quantitative estimate of drug-likeness (QED) is 0.164. The summed E-state index contributed by atoms with van der Waals surface area (Å²) in [7, 11) is 0. The van der Waals surface area contributed by atoms with Gasteiger partial charge in [-0.05, 0) is 99.6 Å². The second-order valence-electron chi connectivity index (χ2n) is 14.5. The minimum Gasteiger partial charge on any atom is -0.456 e. The van der Waals surface area contributed by atoms with Gasteiger partial charge in [0, 0.05) is 22.0 Å². The fourth-order valence-electron chi connectivity index (χ4n) is 8.37. The number of anilines is 3. The standard InChI is InChI=1S/C54H35NO2/c1-5-15-36(16-6-1)40-23-13-24-43(33-40)55(47-25-14-26-49-52(47)45-29-27-41(34-50(45)56-49)37-17-7-2-8-18-37)48-32-31-44(39-21-11-4-12-22-39)54-53(48)46-30-28-42(35-51(46)57-54)38-19-9-3-10-20-38/h1-35H. The molecule has 0 unspecified atom stereocenters. The molecule has 0 aliphatic rings. The summed E-state index contributed by atoms with van der Waals surface area (Å²) in [6.07, 6.45) is 0. The van der Waals surface area contributed by atoms with Gasteiger partial charge in [0.15, 0.2) is 0 Å². The van der Waals surface area contributed by atoms with E-state index < -0.39 is 0 Å². The largest absolute Gasteiger partial charge is 0.456 e. The average Bonchev–Trinajstić information content (AvgIpc) is 3.87. The summed E-state index contributed by atoms with van der Waals surface area (Å²) >= 11 is 0. The van der Waals surface area contributed by atoms with E-state index in [0.29, 0.717) is 0 Å². The lowest BCUT2D eigenvalue weighted by Crippen LogP contribution is -2.11. The van der Waals surface area contributed by atoms with Crippen molar-refractivity contribution in [2.24, 2.45) is 0 Å². The Morgan fingerprint density at radius 1 is 0.298 bits per heavy atom. The molecule has 0 atom stereocenters. The highest BCUT2D eigenvalue weighted by atomic mass is 16.3. The molecular weight excluding hydrogens is 695 g/mol. The van der Waals surface area contributed by atoms with E-state index in [9.17, 15) is 0 Å². The first-order chi connectivity index (χ1) is 28.3. The molecular formula is C54H35NO2. The Kier molecular flexibility index (Phi) is 7.82. The molecule has 0 fully saturated rings. The van der Waals surface area contributed by atoms with Crippen LogP contribution in [0.1, 0.15) is 0 Å². The maximum absolute atomic E-state index is 7.01. The van der Waals surface area contributed by atoms with Gasteiger partial charge in [-0.25, -0.2) is 0 Å². The zero-order valence-corrected chi connectivity index (χ0v) is 31.0. The van der Waals surface area contributed by atoms with Gasteiger partial charge in [-0.3, -0.25) is 0 Å². The SMILES string of the molecule is c1ccc(-c2cccc(N(c3cccc4oc5cc(-c6ccccc6)ccc5c34)c3ccc(-c4ccccc4)c4oc5cc(-c6ccccc6)ccc5c34)c2)cc1. The molecule has 0 aliphatic carbocycles. The summed E-state index contributed by atoms with van der Waals surface area (Å²) in [6.45, 7) is 0. The van der Waals surface area contributed by atoms with Crippen LogP contribution in [0.3, 0.4) is 0 Å². The highest BCUT2D eigenvalue weighted by molar-refractivity contribution is 6.20. The molecule has 0 saturated carbocycles. The van der Waals surface area contributed by atoms with Gasteiger partial charge in [0.05, 0.1) is 22.1 Å². The van der Waals surface area contributed by atoms with Crippen molar-refractivity contribution in [2.45, 2.75) is 0 Å². The van der Waals surface area contributed by atoms with E-state index in [0.717, 1.165) is 105 Å². The molecule has 9 aromatic carbocycles. The summed E-state index contributed by atoms with van der Waals surface area (Å²) in [4.78, 5) is 2.39. The predicted octanol–water partition coefficient (Wildman–Crippen LogP) is 15.6. The van der Waals surface area contributed by atoms with Crippen molar-refractivity contribution >= 4 is 60.9 Å². The highest BCUT2D eigenvalue weighted by Gasteiger charge is 2.25. The van der Waals surface area contributed by atoms with Crippen LogP contribution >= 0.6 is 0 Å². The average molecular weight is 730 g/mol. The van der Waals surface area contributed by atoms with Crippen LogP contribution in [-0.4, -0.2) is 0 Å². The zero-order valence-electron chi connectivity index (χ0n) is 31.0. The van der Waals surface area contributed by atoms with Gasteiger partial charge >= 0.3 is 0 Å². The van der Waals surface area contributed by atoms with Gasteiger partial charge in [-0.2, -0.15) is 0 Å². The van der Waals surface area contributed by atoms with Crippen molar-refractivity contribution in [2.75, 3.05) is 4.90 Å². The van der Waals surface area contributed by atoms with Crippen molar-refractivity contribution in [1.82, 2.24) is 0 Å². The Morgan fingerprint density at radius 3 is 1.40 bits per heavy atom. The Bertz CT molecular complexity index is 3220. The van der Waals surface area contributed by atoms with Crippen LogP contribution in [-0.2, 0) is 0 Å². The summed E-state index contributed by atoms with van der Waals surface area (Å²) in [5.74, 6) is 0. The molecule has 0 amide bonds. The molecule has 11 aromatic rings. The van der Waals surface area contributed by atoms with Gasteiger partial charge in [-0.1, -0.05) is 152 Å². The maximum Gasteiger partial charge on any atom is 0.145 e. The summed E-state index contributed by atoms with van der Waals surface area (Å²) < 4.78 is 13.7. The van der Waals surface area contributed by atoms with Gasteiger partial charge in [0.2, 0.25) is 0 Å². The summed E-state index contributed by atoms with van der Waals surface area (Å²) in [6, 6.07) is 74.9. The molecule has 0 radical (unpaired) electrons. The van der Waals surface area contributed by atoms with Crippen LogP contribution in [0.5, 0.6) is 0 Å². The Morgan fingerprint density at radius 2 is 0.789 bits per heavy atom. The Balaban J connectivity index is 1.20. The first kappa shape index (κ1) is 32.8. The number of benzene rings is 9. The van der Waals surface area contributed by atoms with Gasteiger partial charge in [-0.15, -0.1) is 0 Å². The number of fused-ring (bicyclic) bond motifs is 6. The summed E-state index contributed by atoms with van der Waals surface area (Å²) in [5.41, 5.74) is 15.4. The Hall–Kier alpha value is -7.62. The first-order valence-corrected chi connectivity index (χ1v) is 19.3. The third kappa shape index (κ3) is 5.68. The summed E-state index contributed by atoms with van der Waals surface area (Å²) in [5, 5.41) is 4.22. The lowest BCUT2D eigenvalue weighted by molar-refractivity contribution is 0.669. The van der Waals surface area contributed by atoms with Crippen LogP contribution in [0.15, 0.2) is 221 Å². The minimum absolute atomic E-state index is 0.832. The number of hydrogen-bond donors (Lipinski definition) is 0. The fourth-order valence-corrected chi connectivity index (χ4v) is 8.37. The number of furan rings is 2. The molecule has 0 N–H and O–H groups in total. The number of nitrogens with zero attached hydrogens (tertiary/aromatic N) is 1. The van der Waals surface area contributed by atoms with Gasteiger partial charge in [0.1, 0.15) is 22.3 Å². The molecule has 0 bridgehead atoms. The van der Waals surface area contributed by atoms with Gasteiger partial charge < -0.3 is 13.7 Å². The second kappa shape index (κ2) is 13.6.